The molecule has 0 radical (unpaired) electrons. The van der Waals surface area contributed by atoms with Gasteiger partial charge in [-0.1, -0.05) is 133 Å². The van der Waals surface area contributed by atoms with Gasteiger partial charge in [-0.3, -0.25) is 0 Å². The maximum absolute atomic E-state index is 9.99. The maximum atomic E-state index is 9.99. The molecule has 0 saturated carbocycles. The molecular weight excluding hydrogens is 358 g/mol. The summed E-state index contributed by atoms with van der Waals surface area (Å²) in [5.41, 5.74) is 2.38. The molecule has 0 aliphatic heterocycles. The SMILES string of the molecule is CC.CC.CC.OB(O)c1ccccc1.OB(c1ccccc1)c1ccccc1. The molecule has 0 fully saturated rings. The molecule has 29 heavy (non-hydrogen) atoms. The lowest BCUT2D eigenvalue weighted by molar-refractivity contribution is 0.426. The van der Waals surface area contributed by atoms with Gasteiger partial charge in [-0.25, -0.2) is 0 Å². The Bertz CT molecular complexity index is 639. The average Bonchev–Trinajstić information content (AvgIpc) is 2.84. The Morgan fingerprint density at radius 1 is 0.414 bits per heavy atom. The molecule has 5 heteroatoms. The van der Waals surface area contributed by atoms with E-state index in [0.717, 1.165) is 10.9 Å². The van der Waals surface area contributed by atoms with Crippen molar-refractivity contribution in [3.05, 3.63) is 91.0 Å². The van der Waals surface area contributed by atoms with Crippen molar-refractivity contribution in [3.8, 4) is 0 Å². The van der Waals surface area contributed by atoms with Crippen molar-refractivity contribution >= 4 is 30.4 Å². The standard InChI is InChI=1S/C12H11BO.C6H7BO2.3C2H6/c14-13(11-7-3-1-4-8-11)12-9-5-2-6-10-12;8-7(9)6-4-2-1-3-5-6;3*1-2/h1-10,14H;1-5,8-9H;3*1-2H3. The minimum atomic E-state index is -1.34. The zero-order valence-corrected chi connectivity index (χ0v) is 18.7. The molecule has 3 aromatic rings. The van der Waals surface area contributed by atoms with E-state index in [1.54, 1.807) is 24.3 Å². The molecule has 0 amide bonds. The fourth-order valence-corrected chi connectivity index (χ4v) is 2.09. The van der Waals surface area contributed by atoms with Gasteiger partial charge in [0.2, 0.25) is 0 Å². The van der Waals surface area contributed by atoms with E-state index in [1.165, 1.54) is 0 Å². The molecule has 0 unspecified atom stereocenters. The fourth-order valence-electron chi connectivity index (χ4n) is 2.09. The zero-order valence-electron chi connectivity index (χ0n) is 18.7. The van der Waals surface area contributed by atoms with Crippen LogP contribution in [0.3, 0.4) is 0 Å². The third kappa shape index (κ3) is 12.7. The van der Waals surface area contributed by atoms with Crippen molar-refractivity contribution in [1.82, 2.24) is 0 Å². The lowest BCUT2D eigenvalue weighted by Crippen LogP contribution is -2.41. The molecule has 3 aromatic carbocycles. The third-order valence-corrected chi connectivity index (χ3v) is 3.33. The largest absolute Gasteiger partial charge is 0.488 e. The Balaban J connectivity index is 0. The normalized spacial score (nSPS) is 8.17. The molecule has 0 aromatic heterocycles. The minimum absolute atomic E-state index is 0.516. The van der Waals surface area contributed by atoms with Gasteiger partial charge in [0.1, 0.15) is 0 Å². The van der Waals surface area contributed by atoms with E-state index in [1.807, 2.05) is 108 Å². The Kier molecular flexibility index (Phi) is 20.3. The van der Waals surface area contributed by atoms with Crippen LogP contribution in [0, 0.1) is 0 Å². The second kappa shape index (κ2) is 20.4. The first-order valence-corrected chi connectivity index (χ1v) is 10.4. The summed E-state index contributed by atoms with van der Waals surface area (Å²) < 4.78 is 0. The highest BCUT2D eigenvalue weighted by Crippen LogP contribution is 1.89. The minimum Gasteiger partial charge on any atom is -0.443 e. The van der Waals surface area contributed by atoms with Crippen LogP contribution in [0.5, 0.6) is 0 Å². The Hall–Kier alpha value is -2.33. The van der Waals surface area contributed by atoms with Gasteiger partial charge < -0.3 is 15.1 Å². The van der Waals surface area contributed by atoms with Crippen molar-refractivity contribution in [3.63, 3.8) is 0 Å². The first kappa shape index (κ1) is 28.9. The van der Waals surface area contributed by atoms with Crippen molar-refractivity contribution < 1.29 is 15.1 Å². The molecule has 3 nitrogen and oxygen atoms in total. The summed E-state index contributed by atoms with van der Waals surface area (Å²) in [6.45, 7) is 11.5. The van der Waals surface area contributed by atoms with E-state index in [2.05, 4.69) is 0 Å². The predicted molar refractivity (Wildman–Crippen MR) is 130 cm³/mol. The lowest BCUT2D eigenvalue weighted by Gasteiger charge is -2.05. The fraction of sp³-hybridized carbons (Fsp3) is 0.250. The number of rotatable bonds is 3. The van der Waals surface area contributed by atoms with Crippen LogP contribution in [0.25, 0.3) is 0 Å². The van der Waals surface area contributed by atoms with Crippen molar-refractivity contribution in [1.29, 1.82) is 0 Å². The van der Waals surface area contributed by atoms with E-state index >= 15 is 0 Å². The third-order valence-electron chi connectivity index (χ3n) is 3.33. The van der Waals surface area contributed by atoms with Gasteiger partial charge in [-0.05, 0) is 16.4 Å². The van der Waals surface area contributed by atoms with Gasteiger partial charge in [0, 0.05) is 0 Å². The molecule has 0 saturated heterocycles. The van der Waals surface area contributed by atoms with Gasteiger partial charge in [-0.15, -0.1) is 0 Å². The van der Waals surface area contributed by atoms with Crippen LogP contribution < -0.4 is 16.4 Å². The van der Waals surface area contributed by atoms with E-state index in [9.17, 15) is 5.02 Å². The highest BCUT2D eigenvalue weighted by atomic mass is 16.4. The highest BCUT2D eigenvalue weighted by molar-refractivity contribution is 6.78. The second-order valence-electron chi connectivity index (χ2n) is 5.01. The predicted octanol–water partition coefficient (Wildman–Crippen LogP) is 3.23. The first-order chi connectivity index (χ1) is 14.2. The van der Waals surface area contributed by atoms with Gasteiger partial charge >= 0.3 is 14.0 Å². The van der Waals surface area contributed by atoms with Crippen LogP contribution in [0.2, 0.25) is 0 Å². The molecule has 0 bridgehead atoms. The molecular formula is C24H36B2O3. The van der Waals surface area contributed by atoms with Gasteiger partial charge in [0.15, 0.2) is 0 Å². The summed E-state index contributed by atoms with van der Waals surface area (Å²) in [5.74, 6) is 0. The topological polar surface area (TPSA) is 60.7 Å². The summed E-state index contributed by atoms with van der Waals surface area (Å²) in [4.78, 5) is 0. The summed E-state index contributed by atoms with van der Waals surface area (Å²) in [5, 5.41) is 27.2. The van der Waals surface area contributed by atoms with Crippen molar-refractivity contribution in [2.24, 2.45) is 0 Å². The highest BCUT2D eigenvalue weighted by Gasteiger charge is 2.15. The molecule has 0 aliphatic rings. The van der Waals surface area contributed by atoms with Crippen LogP contribution in [0.4, 0.5) is 0 Å². The molecule has 0 atom stereocenters. The van der Waals surface area contributed by atoms with Crippen molar-refractivity contribution in [2.75, 3.05) is 0 Å². The molecule has 3 N–H and O–H groups in total. The monoisotopic (exact) mass is 394 g/mol. The Labute approximate surface area is 178 Å². The number of hydrogen-bond acceptors (Lipinski definition) is 3. The average molecular weight is 394 g/mol. The van der Waals surface area contributed by atoms with Crippen LogP contribution in [-0.4, -0.2) is 29.1 Å². The van der Waals surface area contributed by atoms with Crippen molar-refractivity contribution in [2.45, 2.75) is 41.5 Å². The lowest BCUT2D eigenvalue weighted by atomic mass is 9.56. The molecule has 3 rings (SSSR count). The van der Waals surface area contributed by atoms with E-state index in [-0.39, 0.29) is 0 Å². The van der Waals surface area contributed by atoms with Crippen LogP contribution in [-0.2, 0) is 0 Å². The van der Waals surface area contributed by atoms with Crippen LogP contribution in [0.1, 0.15) is 41.5 Å². The Morgan fingerprint density at radius 2 is 0.655 bits per heavy atom. The Morgan fingerprint density at radius 3 is 0.862 bits per heavy atom. The van der Waals surface area contributed by atoms with Crippen LogP contribution >= 0.6 is 0 Å². The summed E-state index contributed by atoms with van der Waals surface area (Å²) in [6.07, 6.45) is 0. The smallest absolute Gasteiger partial charge is 0.443 e. The molecule has 0 aliphatic carbocycles. The van der Waals surface area contributed by atoms with Gasteiger partial charge in [0.25, 0.3) is 0 Å². The van der Waals surface area contributed by atoms with Gasteiger partial charge in [-0.2, -0.15) is 0 Å². The molecule has 0 heterocycles. The van der Waals surface area contributed by atoms with E-state index < -0.39 is 14.0 Å². The van der Waals surface area contributed by atoms with Gasteiger partial charge in [0.05, 0.1) is 0 Å². The van der Waals surface area contributed by atoms with E-state index in [4.69, 9.17) is 10.0 Å². The maximum Gasteiger partial charge on any atom is 0.488 e. The van der Waals surface area contributed by atoms with E-state index in [0.29, 0.717) is 5.46 Å². The molecule has 156 valence electrons. The number of hydrogen-bond donors (Lipinski definition) is 3. The summed E-state index contributed by atoms with van der Waals surface area (Å²) >= 11 is 0. The quantitative estimate of drug-likeness (QED) is 0.598. The summed E-state index contributed by atoms with van der Waals surface area (Å²) in [7, 11) is -1.34. The second-order valence-corrected chi connectivity index (χ2v) is 5.01. The molecule has 0 spiro atoms. The summed E-state index contributed by atoms with van der Waals surface area (Å²) in [6, 6.07) is 28.0. The number of benzene rings is 3. The zero-order chi connectivity index (χ0) is 22.5. The van der Waals surface area contributed by atoms with Crippen LogP contribution in [0.15, 0.2) is 91.0 Å². The first-order valence-electron chi connectivity index (χ1n) is 10.4.